The van der Waals surface area contributed by atoms with Gasteiger partial charge in [-0.3, -0.25) is 9.59 Å². The maximum Gasteiger partial charge on any atom is 0.263 e. The van der Waals surface area contributed by atoms with Gasteiger partial charge in [0, 0.05) is 40.1 Å². The molecule has 1 saturated heterocycles. The molecule has 2 amide bonds. The van der Waals surface area contributed by atoms with E-state index in [1.54, 1.807) is 0 Å². The van der Waals surface area contributed by atoms with E-state index in [4.69, 9.17) is 4.84 Å². The molecule has 1 aliphatic heterocycles. The number of thioether (sulfide) groups is 2. The highest BCUT2D eigenvalue weighted by Crippen LogP contribution is 2.33. The van der Waals surface area contributed by atoms with Crippen molar-refractivity contribution in [2.75, 3.05) is 11.5 Å². The molecule has 1 fully saturated rings. The monoisotopic (exact) mass is 477 g/mol. The van der Waals surface area contributed by atoms with Crippen molar-refractivity contribution >= 4 is 35.3 Å². The summed E-state index contributed by atoms with van der Waals surface area (Å²) in [5, 5.41) is 0.882. The average molecular weight is 478 g/mol. The van der Waals surface area contributed by atoms with Crippen LogP contribution in [0, 0.1) is 13.8 Å². The Morgan fingerprint density at radius 3 is 1.64 bits per heavy atom. The molecule has 6 heteroatoms. The van der Waals surface area contributed by atoms with Gasteiger partial charge in [0.15, 0.2) is 5.75 Å². The zero-order valence-corrected chi connectivity index (χ0v) is 20.5. The molecule has 170 valence electrons. The minimum absolute atomic E-state index is 0.214. The van der Waals surface area contributed by atoms with Crippen LogP contribution in [-0.4, -0.2) is 28.4 Å². The molecule has 3 aromatic rings. The Bertz CT molecular complexity index is 1030. The highest BCUT2D eigenvalue weighted by Gasteiger charge is 2.31. The number of hydrogen-bond donors (Lipinski definition) is 0. The third-order valence-corrected chi connectivity index (χ3v) is 7.85. The zero-order valence-electron chi connectivity index (χ0n) is 18.8. The summed E-state index contributed by atoms with van der Waals surface area (Å²) in [5.74, 6) is 2.15. The zero-order chi connectivity index (χ0) is 23.2. The van der Waals surface area contributed by atoms with Crippen molar-refractivity contribution in [1.82, 2.24) is 5.06 Å². The van der Waals surface area contributed by atoms with Gasteiger partial charge < -0.3 is 4.84 Å². The van der Waals surface area contributed by atoms with Gasteiger partial charge in [-0.2, -0.15) is 0 Å². The minimum Gasteiger partial charge on any atom is -0.369 e. The van der Waals surface area contributed by atoms with Crippen molar-refractivity contribution in [3.63, 3.8) is 0 Å². The van der Waals surface area contributed by atoms with Gasteiger partial charge in [0.25, 0.3) is 11.8 Å². The van der Waals surface area contributed by atoms with E-state index in [0.29, 0.717) is 11.7 Å². The normalized spacial score (nSPS) is 13.7. The number of aryl methyl sites for hydroxylation is 2. The van der Waals surface area contributed by atoms with E-state index in [9.17, 15) is 9.59 Å². The van der Waals surface area contributed by atoms with Gasteiger partial charge in [-0.25, -0.2) is 0 Å². The molecule has 0 bridgehead atoms. The summed E-state index contributed by atoms with van der Waals surface area (Å²) in [7, 11) is 0. The third-order valence-electron chi connectivity index (χ3n) is 5.50. The van der Waals surface area contributed by atoms with Crippen LogP contribution in [0.15, 0.2) is 82.6 Å². The van der Waals surface area contributed by atoms with Crippen molar-refractivity contribution in [3.8, 4) is 5.75 Å². The summed E-state index contributed by atoms with van der Waals surface area (Å²) >= 11 is 3.72. The third kappa shape index (κ3) is 6.42. The summed E-state index contributed by atoms with van der Waals surface area (Å²) in [6, 6.07) is 25.0. The Hall–Kier alpha value is -2.70. The predicted octanol–water partition coefficient (Wildman–Crippen LogP) is 6.41. The Morgan fingerprint density at radius 1 is 0.727 bits per heavy atom. The maximum atomic E-state index is 11.8. The molecular formula is C27H27NO3S2. The molecule has 1 heterocycles. The summed E-state index contributed by atoms with van der Waals surface area (Å²) in [5.41, 5.74) is 3.73. The molecule has 0 atom stereocenters. The van der Waals surface area contributed by atoms with Gasteiger partial charge in [0.1, 0.15) is 0 Å². The van der Waals surface area contributed by atoms with Gasteiger partial charge in [0.05, 0.1) is 0 Å². The van der Waals surface area contributed by atoms with E-state index in [-0.39, 0.29) is 24.7 Å². The van der Waals surface area contributed by atoms with Crippen LogP contribution in [-0.2, 0) is 9.59 Å². The molecule has 3 aromatic carbocycles. The predicted molar refractivity (Wildman–Crippen MR) is 135 cm³/mol. The first kappa shape index (κ1) is 23.5. The van der Waals surface area contributed by atoms with Crippen LogP contribution in [0.2, 0.25) is 0 Å². The number of carbonyl (C=O) groups is 2. The first-order valence-corrected chi connectivity index (χ1v) is 13.0. The van der Waals surface area contributed by atoms with Crippen LogP contribution in [0.4, 0.5) is 0 Å². The second-order valence-corrected chi connectivity index (χ2v) is 10.4. The van der Waals surface area contributed by atoms with Crippen LogP contribution in [0.3, 0.4) is 0 Å². The number of benzene rings is 3. The van der Waals surface area contributed by atoms with Crippen LogP contribution in [0.25, 0.3) is 0 Å². The molecule has 0 spiro atoms. The van der Waals surface area contributed by atoms with Gasteiger partial charge in [-0.1, -0.05) is 47.5 Å². The minimum atomic E-state index is -0.286. The quantitative estimate of drug-likeness (QED) is 0.263. The first-order valence-electron chi connectivity index (χ1n) is 11.0. The van der Waals surface area contributed by atoms with Gasteiger partial charge in [0.2, 0.25) is 0 Å². The number of amides is 2. The Morgan fingerprint density at radius 2 is 1.18 bits per heavy atom. The fourth-order valence-electron chi connectivity index (χ4n) is 3.47. The highest BCUT2D eigenvalue weighted by atomic mass is 32.2. The van der Waals surface area contributed by atoms with Crippen LogP contribution in [0.1, 0.15) is 35.4 Å². The van der Waals surface area contributed by atoms with E-state index in [1.807, 2.05) is 47.8 Å². The van der Waals surface area contributed by atoms with Crippen molar-refractivity contribution in [2.24, 2.45) is 0 Å². The largest absolute Gasteiger partial charge is 0.369 e. The molecule has 0 N–H and O–H groups in total. The standard InChI is InChI=1S/C27H27NO3S2/c1-19-3-11-24(12-4-19)32-17-22(18-33-25-13-5-20(2)6-14-25)21-7-9-23(10-8-21)31-28-26(29)15-16-27(28)30/h3-14,22H,15-18H2,1-2H3. The topological polar surface area (TPSA) is 46.6 Å². The summed E-state index contributed by atoms with van der Waals surface area (Å²) in [6.07, 6.45) is 0.427. The number of hydrogen-bond acceptors (Lipinski definition) is 5. The lowest BCUT2D eigenvalue weighted by molar-refractivity contribution is -0.164. The Balaban J connectivity index is 1.45. The van der Waals surface area contributed by atoms with E-state index in [2.05, 4.69) is 62.4 Å². The number of hydroxylamine groups is 2. The van der Waals surface area contributed by atoms with Crippen LogP contribution in [0.5, 0.6) is 5.75 Å². The van der Waals surface area contributed by atoms with Crippen LogP contribution >= 0.6 is 23.5 Å². The van der Waals surface area contributed by atoms with Gasteiger partial charge in [-0.05, 0) is 55.8 Å². The highest BCUT2D eigenvalue weighted by molar-refractivity contribution is 8.00. The lowest BCUT2D eigenvalue weighted by Crippen LogP contribution is -2.32. The number of rotatable bonds is 9. The molecule has 33 heavy (non-hydrogen) atoms. The van der Waals surface area contributed by atoms with Crippen molar-refractivity contribution in [3.05, 3.63) is 89.5 Å². The molecule has 4 nitrogen and oxygen atoms in total. The number of carbonyl (C=O) groups excluding carboxylic acids is 2. The van der Waals surface area contributed by atoms with E-state index in [0.717, 1.165) is 16.6 Å². The summed E-state index contributed by atoms with van der Waals surface area (Å²) in [6.45, 7) is 4.20. The lowest BCUT2D eigenvalue weighted by atomic mass is 10.0. The maximum absolute atomic E-state index is 11.8. The molecule has 0 aromatic heterocycles. The van der Waals surface area contributed by atoms with E-state index >= 15 is 0 Å². The second-order valence-electron chi connectivity index (χ2n) is 8.19. The lowest BCUT2D eigenvalue weighted by Gasteiger charge is -2.19. The first-order chi connectivity index (χ1) is 16.0. The van der Waals surface area contributed by atoms with Crippen LogP contribution < -0.4 is 4.84 Å². The smallest absolute Gasteiger partial charge is 0.263 e. The molecule has 0 aliphatic carbocycles. The second kappa shape index (κ2) is 10.9. The fourth-order valence-corrected chi connectivity index (χ4v) is 5.68. The fraction of sp³-hybridized carbons (Fsp3) is 0.259. The van der Waals surface area contributed by atoms with Crippen molar-refractivity contribution in [1.29, 1.82) is 0 Å². The summed E-state index contributed by atoms with van der Waals surface area (Å²) in [4.78, 5) is 31.7. The SMILES string of the molecule is Cc1ccc(SCC(CSc2ccc(C)cc2)c2ccc(ON3C(=O)CCC3=O)cc2)cc1. The molecular weight excluding hydrogens is 450 g/mol. The van der Waals surface area contributed by atoms with Gasteiger partial charge >= 0.3 is 0 Å². The molecule has 4 rings (SSSR count). The molecule has 0 unspecified atom stereocenters. The van der Waals surface area contributed by atoms with E-state index in [1.165, 1.54) is 26.5 Å². The van der Waals surface area contributed by atoms with Gasteiger partial charge in [-0.15, -0.1) is 28.6 Å². The Labute approximate surface area is 203 Å². The Kier molecular flexibility index (Phi) is 7.78. The molecule has 1 aliphatic rings. The number of nitrogens with zero attached hydrogens (tertiary/aromatic N) is 1. The average Bonchev–Trinajstić information content (AvgIpc) is 3.14. The van der Waals surface area contributed by atoms with E-state index < -0.39 is 0 Å². The molecule has 0 radical (unpaired) electrons. The van der Waals surface area contributed by atoms with Crippen molar-refractivity contribution in [2.45, 2.75) is 42.4 Å². The van der Waals surface area contributed by atoms with Crippen molar-refractivity contribution < 1.29 is 14.4 Å². The summed E-state index contributed by atoms with van der Waals surface area (Å²) < 4.78 is 0. The molecule has 0 saturated carbocycles. The number of imide groups is 1.